The minimum atomic E-state index is -0.509. The van der Waals surface area contributed by atoms with Gasteiger partial charge in [0, 0.05) is 6.04 Å². The number of hydrogen-bond donors (Lipinski definition) is 3. The van der Waals surface area contributed by atoms with Crippen molar-refractivity contribution in [1.29, 1.82) is 0 Å². The van der Waals surface area contributed by atoms with Gasteiger partial charge in [-0.2, -0.15) is 4.37 Å². The maximum Gasteiger partial charge on any atom is 0.255 e. The molecule has 100 valence electrons. The van der Waals surface area contributed by atoms with E-state index in [0.717, 1.165) is 11.4 Å². The molecule has 1 aliphatic carbocycles. The van der Waals surface area contributed by atoms with Crippen LogP contribution in [0.5, 0.6) is 0 Å². The van der Waals surface area contributed by atoms with Crippen LogP contribution in [0.2, 0.25) is 0 Å². The number of carbonyl (C=O) groups is 1. The van der Waals surface area contributed by atoms with E-state index in [1.807, 2.05) is 0 Å². The molecule has 2 unspecified atom stereocenters. The van der Waals surface area contributed by atoms with Gasteiger partial charge in [0.25, 0.3) is 5.91 Å². The Labute approximate surface area is 111 Å². The topological polar surface area (TPSA) is 94.0 Å². The number of amides is 1. The lowest BCUT2D eigenvalue weighted by Gasteiger charge is -2.23. The molecule has 0 aliphatic heterocycles. The van der Waals surface area contributed by atoms with Gasteiger partial charge in [-0.3, -0.25) is 4.79 Å². The van der Waals surface area contributed by atoms with Gasteiger partial charge in [0.1, 0.15) is 10.6 Å². The van der Waals surface area contributed by atoms with E-state index in [1.54, 1.807) is 0 Å². The van der Waals surface area contributed by atoms with Crippen LogP contribution < -0.4 is 16.8 Å². The van der Waals surface area contributed by atoms with Crippen molar-refractivity contribution in [3.8, 4) is 0 Å². The van der Waals surface area contributed by atoms with Crippen molar-refractivity contribution in [2.24, 2.45) is 11.7 Å². The predicted molar refractivity (Wildman–Crippen MR) is 74.7 cm³/mol. The first-order valence-corrected chi connectivity index (χ1v) is 7.18. The molecule has 0 radical (unpaired) electrons. The van der Waals surface area contributed by atoms with E-state index in [-0.39, 0.29) is 5.82 Å². The maximum absolute atomic E-state index is 11.4. The normalized spacial score (nSPS) is 24.5. The minimum absolute atomic E-state index is 0.233. The van der Waals surface area contributed by atoms with E-state index >= 15 is 0 Å². The number of hydrogen-bond acceptors (Lipinski definition) is 5. The highest BCUT2D eigenvalue weighted by molar-refractivity contribution is 7.11. The Morgan fingerprint density at radius 1 is 1.39 bits per heavy atom. The average Bonchev–Trinajstić information content (AvgIpc) is 2.55. The molecule has 1 saturated carbocycles. The summed E-state index contributed by atoms with van der Waals surface area (Å²) in [5.41, 5.74) is 11.4. The summed E-state index contributed by atoms with van der Waals surface area (Å²) >= 11 is 1.22. The number of nitrogens with zero attached hydrogens (tertiary/aromatic N) is 1. The number of aromatic nitrogens is 1. The minimum Gasteiger partial charge on any atom is -0.382 e. The van der Waals surface area contributed by atoms with Gasteiger partial charge in [0.2, 0.25) is 0 Å². The first kappa shape index (κ1) is 13.1. The molecule has 0 bridgehead atoms. The molecule has 18 heavy (non-hydrogen) atoms. The molecule has 0 spiro atoms. The zero-order chi connectivity index (χ0) is 13.1. The van der Waals surface area contributed by atoms with Crippen molar-refractivity contribution < 1.29 is 4.79 Å². The Kier molecular flexibility index (Phi) is 4.06. The standard InChI is InChI=1S/C12H20N4OS/c1-7-5-3-2-4-6-8(7)15-12-9(11(14)17)10(13)16-18-12/h7-8,15H,2-6H2,1H3,(H2,13,16)(H2,14,17). The van der Waals surface area contributed by atoms with Crippen LogP contribution in [-0.4, -0.2) is 16.3 Å². The molecule has 2 rings (SSSR count). The van der Waals surface area contributed by atoms with Gasteiger partial charge < -0.3 is 16.8 Å². The third kappa shape index (κ3) is 2.75. The molecular formula is C12H20N4OS. The number of anilines is 2. The lowest BCUT2D eigenvalue weighted by molar-refractivity contribution is 0.100. The summed E-state index contributed by atoms with van der Waals surface area (Å²) in [4.78, 5) is 11.4. The maximum atomic E-state index is 11.4. The van der Waals surface area contributed by atoms with Gasteiger partial charge in [0.15, 0.2) is 5.82 Å². The van der Waals surface area contributed by atoms with E-state index < -0.39 is 5.91 Å². The van der Waals surface area contributed by atoms with Crippen LogP contribution in [0.4, 0.5) is 10.8 Å². The van der Waals surface area contributed by atoms with Crippen LogP contribution in [0.3, 0.4) is 0 Å². The van der Waals surface area contributed by atoms with Crippen molar-refractivity contribution in [3.63, 3.8) is 0 Å². The smallest absolute Gasteiger partial charge is 0.255 e. The first-order valence-electron chi connectivity index (χ1n) is 6.41. The second-order valence-corrected chi connectivity index (χ2v) is 5.78. The zero-order valence-electron chi connectivity index (χ0n) is 10.6. The molecule has 1 fully saturated rings. The second kappa shape index (κ2) is 5.56. The average molecular weight is 268 g/mol. The number of nitrogens with two attached hydrogens (primary N) is 2. The molecule has 5 nitrogen and oxygen atoms in total. The van der Waals surface area contributed by atoms with Gasteiger partial charge in [-0.25, -0.2) is 0 Å². The summed E-state index contributed by atoms with van der Waals surface area (Å²) in [6.45, 7) is 2.25. The number of nitrogens with one attached hydrogen (secondary N) is 1. The Balaban J connectivity index is 2.15. The van der Waals surface area contributed by atoms with Gasteiger partial charge in [-0.1, -0.05) is 26.2 Å². The van der Waals surface area contributed by atoms with E-state index in [0.29, 0.717) is 17.5 Å². The van der Waals surface area contributed by atoms with Gasteiger partial charge in [-0.05, 0) is 30.3 Å². The Hall–Kier alpha value is -1.30. The van der Waals surface area contributed by atoms with Crippen molar-refractivity contribution in [3.05, 3.63) is 5.56 Å². The summed E-state index contributed by atoms with van der Waals surface area (Å²) in [7, 11) is 0. The van der Waals surface area contributed by atoms with Crippen molar-refractivity contribution in [2.75, 3.05) is 11.1 Å². The molecule has 1 aromatic rings. The molecular weight excluding hydrogens is 248 g/mol. The summed E-state index contributed by atoms with van der Waals surface area (Å²) in [6.07, 6.45) is 6.14. The zero-order valence-corrected chi connectivity index (χ0v) is 11.4. The summed E-state index contributed by atoms with van der Waals surface area (Å²) < 4.78 is 4.01. The van der Waals surface area contributed by atoms with Gasteiger partial charge in [0.05, 0.1) is 0 Å². The molecule has 1 aromatic heterocycles. The second-order valence-electron chi connectivity index (χ2n) is 5.00. The lowest BCUT2D eigenvalue weighted by atomic mass is 9.97. The van der Waals surface area contributed by atoms with E-state index in [1.165, 1.54) is 37.2 Å². The molecule has 1 amide bonds. The highest BCUT2D eigenvalue weighted by Gasteiger charge is 2.24. The van der Waals surface area contributed by atoms with Crippen molar-refractivity contribution in [2.45, 2.75) is 45.1 Å². The highest BCUT2D eigenvalue weighted by atomic mass is 32.1. The number of rotatable bonds is 3. The van der Waals surface area contributed by atoms with Gasteiger partial charge >= 0.3 is 0 Å². The van der Waals surface area contributed by atoms with Crippen LogP contribution >= 0.6 is 11.5 Å². The first-order chi connectivity index (χ1) is 8.59. The number of primary amides is 1. The molecule has 1 aliphatic rings. The Morgan fingerprint density at radius 2 is 2.11 bits per heavy atom. The van der Waals surface area contributed by atoms with Gasteiger partial charge in [-0.15, -0.1) is 0 Å². The van der Waals surface area contributed by atoms with Crippen LogP contribution in [0, 0.1) is 5.92 Å². The fraction of sp³-hybridized carbons (Fsp3) is 0.667. The quantitative estimate of drug-likeness (QED) is 0.732. The summed E-state index contributed by atoms with van der Waals surface area (Å²) in [6, 6.07) is 0.380. The molecule has 1 heterocycles. The van der Waals surface area contributed by atoms with Crippen molar-refractivity contribution in [1.82, 2.24) is 4.37 Å². The third-order valence-electron chi connectivity index (χ3n) is 3.64. The monoisotopic (exact) mass is 268 g/mol. The number of carbonyl (C=O) groups excluding carboxylic acids is 1. The fourth-order valence-electron chi connectivity index (χ4n) is 2.51. The van der Waals surface area contributed by atoms with E-state index in [2.05, 4.69) is 16.6 Å². The largest absolute Gasteiger partial charge is 0.382 e. The third-order valence-corrected chi connectivity index (χ3v) is 4.44. The number of nitrogen functional groups attached to an aromatic ring is 1. The molecule has 0 aromatic carbocycles. The SMILES string of the molecule is CC1CCCCCC1Nc1snc(N)c1C(N)=O. The molecule has 2 atom stereocenters. The Bertz CT molecular complexity index is 432. The van der Waals surface area contributed by atoms with Crippen LogP contribution in [0.25, 0.3) is 0 Å². The van der Waals surface area contributed by atoms with E-state index in [4.69, 9.17) is 11.5 Å². The molecule has 0 saturated heterocycles. The summed E-state index contributed by atoms with van der Waals surface area (Å²) in [5.74, 6) is 0.317. The van der Waals surface area contributed by atoms with Crippen LogP contribution in [0.15, 0.2) is 0 Å². The molecule has 6 heteroatoms. The van der Waals surface area contributed by atoms with E-state index in [9.17, 15) is 4.79 Å². The predicted octanol–water partition coefficient (Wildman–Crippen LogP) is 2.20. The highest BCUT2D eigenvalue weighted by Crippen LogP contribution is 2.31. The molecule has 5 N–H and O–H groups in total. The Morgan fingerprint density at radius 3 is 2.83 bits per heavy atom. The van der Waals surface area contributed by atoms with Crippen LogP contribution in [0.1, 0.15) is 49.4 Å². The summed E-state index contributed by atoms with van der Waals surface area (Å²) in [5, 5.41) is 4.14. The van der Waals surface area contributed by atoms with Crippen LogP contribution in [-0.2, 0) is 0 Å². The fourth-order valence-corrected chi connectivity index (χ4v) is 3.30. The van der Waals surface area contributed by atoms with Crippen molar-refractivity contribution >= 4 is 28.3 Å². The lowest BCUT2D eigenvalue weighted by Crippen LogP contribution is -2.27.